The monoisotopic (exact) mass is 628 g/mol. The molecule has 1 aliphatic heterocycles. The van der Waals surface area contributed by atoms with Crippen LogP contribution in [0.3, 0.4) is 0 Å². The Balaban J connectivity index is 1.20. The Morgan fingerprint density at radius 2 is 1.75 bits per heavy atom. The predicted octanol–water partition coefficient (Wildman–Crippen LogP) is 7.85. The van der Waals surface area contributed by atoms with Gasteiger partial charge in [0.05, 0.1) is 16.5 Å². The molecular weight excluding hydrogens is 595 g/mol. The van der Waals surface area contributed by atoms with Crippen LogP contribution < -0.4 is 10.7 Å². The summed E-state index contributed by atoms with van der Waals surface area (Å²) in [6, 6.07) is 21.9. The van der Waals surface area contributed by atoms with Gasteiger partial charge in [-0.3, -0.25) is 14.4 Å². The van der Waals surface area contributed by atoms with Crippen molar-refractivity contribution in [2.45, 2.75) is 63.5 Å². The van der Waals surface area contributed by atoms with Gasteiger partial charge in [-0.25, -0.2) is 0 Å². The second-order valence-corrected chi connectivity index (χ2v) is 12.6. The topological polar surface area (TPSA) is 79.6 Å². The van der Waals surface area contributed by atoms with Crippen molar-refractivity contribution in [2.24, 2.45) is 0 Å². The number of likely N-dealkylation sites (tertiary alicyclic amines) is 1. The first-order valence-electron chi connectivity index (χ1n) is 15.2. The van der Waals surface area contributed by atoms with Crippen LogP contribution in [0.2, 0.25) is 10.0 Å². The van der Waals surface area contributed by atoms with E-state index >= 15 is 0 Å². The van der Waals surface area contributed by atoms with E-state index in [9.17, 15) is 14.4 Å². The van der Waals surface area contributed by atoms with E-state index < -0.39 is 5.91 Å². The third-order valence-corrected chi connectivity index (χ3v) is 9.26. The van der Waals surface area contributed by atoms with E-state index in [0.717, 1.165) is 44.2 Å². The molecule has 2 amide bonds. The number of rotatable bonds is 8. The van der Waals surface area contributed by atoms with Crippen LogP contribution in [0.1, 0.15) is 71.7 Å². The molecule has 1 N–H and O–H groups in total. The van der Waals surface area contributed by atoms with E-state index in [0.29, 0.717) is 35.7 Å². The fraction of sp³-hybridized carbons (Fsp3) is 0.306. The summed E-state index contributed by atoms with van der Waals surface area (Å²) in [7, 11) is 0. The molecule has 1 aromatic heterocycles. The maximum absolute atomic E-state index is 13.4. The Labute approximate surface area is 266 Å². The van der Waals surface area contributed by atoms with Crippen LogP contribution in [0, 0.1) is 0 Å². The van der Waals surface area contributed by atoms with Gasteiger partial charge in [0.2, 0.25) is 5.91 Å². The zero-order chi connectivity index (χ0) is 30.6. The normalized spacial score (nSPS) is 17.6. The molecule has 1 unspecified atom stereocenters. The number of allylic oxidation sites excluding steroid dienone is 1. The van der Waals surface area contributed by atoms with E-state index in [1.807, 2.05) is 29.2 Å². The number of carbonyl (C=O) groups is 2. The highest BCUT2D eigenvalue weighted by Crippen LogP contribution is 2.38. The number of benzene rings is 3. The molecule has 44 heavy (non-hydrogen) atoms. The van der Waals surface area contributed by atoms with Crippen LogP contribution in [-0.2, 0) is 17.8 Å². The van der Waals surface area contributed by atoms with Crippen molar-refractivity contribution in [3.8, 4) is 0 Å². The van der Waals surface area contributed by atoms with Crippen molar-refractivity contribution in [3.05, 3.63) is 127 Å². The number of nitrogens with zero attached hydrogens (tertiary/aromatic N) is 1. The largest absolute Gasteiger partial charge is 0.449 e. The van der Waals surface area contributed by atoms with E-state index in [-0.39, 0.29) is 33.7 Å². The number of hydrogen-bond acceptors (Lipinski definition) is 4. The van der Waals surface area contributed by atoms with Crippen molar-refractivity contribution in [2.75, 3.05) is 6.54 Å². The zero-order valence-corrected chi connectivity index (χ0v) is 25.9. The number of carbonyl (C=O) groups excluding carboxylic acids is 2. The fourth-order valence-electron chi connectivity index (χ4n) is 6.42. The van der Waals surface area contributed by atoms with Crippen LogP contribution in [0.15, 0.2) is 93.7 Å². The number of nitrogens with one attached hydrogen (secondary N) is 1. The molecule has 226 valence electrons. The Kier molecular flexibility index (Phi) is 9.20. The SMILES string of the molecule is O=C(NC(C=C1CCC(c2ccccc2CN2CCCC2=O)CC1)Cc1ccc(Cl)cc1)c1cc(=O)c2cccc(Cl)c2o1. The maximum Gasteiger partial charge on any atom is 0.287 e. The molecule has 1 saturated heterocycles. The minimum atomic E-state index is -0.473. The Bertz CT molecular complexity index is 1770. The second-order valence-electron chi connectivity index (χ2n) is 11.7. The quantitative estimate of drug-likeness (QED) is 0.202. The average Bonchev–Trinajstić information content (AvgIpc) is 3.43. The minimum absolute atomic E-state index is 0.0769. The van der Waals surface area contributed by atoms with E-state index in [1.54, 1.807) is 18.2 Å². The van der Waals surface area contributed by atoms with Crippen molar-refractivity contribution in [3.63, 3.8) is 0 Å². The lowest BCUT2D eigenvalue weighted by Gasteiger charge is -2.28. The molecule has 8 heteroatoms. The lowest BCUT2D eigenvalue weighted by molar-refractivity contribution is -0.128. The van der Waals surface area contributed by atoms with Gasteiger partial charge in [0.1, 0.15) is 0 Å². The van der Waals surface area contributed by atoms with Gasteiger partial charge in [0.15, 0.2) is 16.8 Å². The molecule has 4 aromatic rings. The summed E-state index contributed by atoms with van der Waals surface area (Å²) in [6.45, 7) is 1.51. The van der Waals surface area contributed by atoms with Crippen LogP contribution in [0.4, 0.5) is 0 Å². The molecule has 3 aromatic carbocycles. The van der Waals surface area contributed by atoms with Gasteiger partial charge in [-0.1, -0.05) is 77.3 Å². The first-order chi connectivity index (χ1) is 21.3. The molecular formula is C36H34Cl2N2O4. The maximum atomic E-state index is 13.4. The first-order valence-corrected chi connectivity index (χ1v) is 15.9. The van der Waals surface area contributed by atoms with Gasteiger partial charge in [0.25, 0.3) is 5.91 Å². The third-order valence-electron chi connectivity index (χ3n) is 8.71. The van der Waals surface area contributed by atoms with Crippen LogP contribution >= 0.6 is 23.2 Å². The minimum Gasteiger partial charge on any atom is -0.449 e. The molecule has 6 nitrogen and oxygen atoms in total. The number of halogens is 2. The highest BCUT2D eigenvalue weighted by molar-refractivity contribution is 6.34. The van der Waals surface area contributed by atoms with Gasteiger partial charge in [-0.05, 0) is 85.4 Å². The molecule has 0 bridgehead atoms. The average molecular weight is 630 g/mol. The molecule has 6 rings (SSSR count). The summed E-state index contributed by atoms with van der Waals surface area (Å²) in [5, 5.41) is 4.35. The molecule has 2 fully saturated rings. The Hall–Kier alpha value is -3.87. The summed E-state index contributed by atoms with van der Waals surface area (Å²) >= 11 is 12.4. The zero-order valence-electron chi connectivity index (χ0n) is 24.4. The van der Waals surface area contributed by atoms with Crippen molar-refractivity contribution in [1.29, 1.82) is 0 Å². The van der Waals surface area contributed by atoms with E-state index in [4.69, 9.17) is 27.6 Å². The summed E-state index contributed by atoms with van der Waals surface area (Å²) in [4.78, 5) is 40.4. The van der Waals surface area contributed by atoms with Crippen LogP contribution in [0.25, 0.3) is 11.0 Å². The lowest BCUT2D eigenvalue weighted by Crippen LogP contribution is -2.36. The number of para-hydroxylation sites is 1. The summed E-state index contributed by atoms with van der Waals surface area (Å²) in [6.07, 6.45) is 8.11. The summed E-state index contributed by atoms with van der Waals surface area (Å²) in [5.41, 5.74) is 4.77. The fourth-order valence-corrected chi connectivity index (χ4v) is 6.76. The molecule has 1 saturated carbocycles. The first kappa shape index (κ1) is 30.2. The number of fused-ring (bicyclic) bond motifs is 1. The van der Waals surface area contributed by atoms with E-state index in [2.05, 4.69) is 35.7 Å². The summed E-state index contributed by atoms with van der Waals surface area (Å²) in [5.74, 6) is 0.112. The predicted molar refractivity (Wildman–Crippen MR) is 174 cm³/mol. The van der Waals surface area contributed by atoms with Gasteiger partial charge < -0.3 is 14.6 Å². The van der Waals surface area contributed by atoms with Gasteiger partial charge in [0, 0.05) is 30.6 Å². The van der Waals surface area contributed by atoms with Gasteiger partial charge >= 0.3 is 0 Å². The Morgan fingerprint density at radius 3 is 2.50 bits per heavy atom. The van der Waals surface area contributed by atoms with Crippen LogP contribution in [-0.4, -0.2) is 29.3 Å². The number of hydrogen-bond donors (Lipinski definition) is 1. The third kappa shape index (κ3) is 6.92. The lowest BCUT2D eigenvalue weighted by atomic mass is 9.79. The molecule has 1 atom stereocenters. The van der Waals surface area contributed by atoms with Gasteiger partial charge in [-0.15, -0.1) is 0 Å². The highest BCUT2D eigenvalue weighted by atomic mass is 35.5. The summed E-state index contributed by atoms with van der Waals surface area (Å²) < 4.78 is 5.81. The van der Waals surface area contributed by atoms with Crippen molar-refractivity contribution >= 4 is 46.0 Å². The standard InChI is InChI=1S/C36H34Cl2N2O4/c37-27-16-12-24(13-17-27)20-28(39-36(43)33-21-32(41)30-7-3-8-31(38)35(30)44-33)19-23-10-14-25(15-11-23)29-6-2-1-5-26(29)22-40-18-4-9-34(40)42/h1-3,5-8,12-13,16-17,19,21,25,28H,4,9-11,14-15,18,20,22H2,(H,39,43). The smallest absolute Gasteiger partial charge is 0.287 e. The number of amides is 2. The Morgan fingerprint density at radius 1 is 0.977 bits per heavy atom. The van der Waals surface area contributed by atoms with Crippen molar-refractivity contribution < 1.29 is 14.0 Å². The molecule has 0 radical (unpaired) electrons. The molecule has 0 spiro atoms. The molecule has 2 heterocycles. The van der Waals surface area contributed by atoms with E-state index in [1.165, 1.54) is 22.8 Å². The molecule has 2 aliphatic rings. The van der Waals surface area contributed by atoms with Crippen molar-refractivity contribution in [1.82, 2.24) is 10.2 Å². The second kappa shape index (κ2) is 13.4. The van der Waals surface area contributed by atoms with Crippen LogP contribution in [0.5, 0.6) is 0 Å². The van der Waals surface area contributed by atoms with Gasteiger partial charge in [-0.2, -0.15) is 0 Å². The highest BCUT2D eigenvalue weighted by Gasteiger charge is 2.25. The molecule has 1 aliphatic carbocycles.